The fraction of sp³-hybridized carbons (Fsp3) is 0.318. The summed E-state index contributed by atoms with van der Waals surface area (Å²) in [6, 6.07) is 12.4. The zero-order valence-electron chi connectivity index (χ0n) is 17.2. The number of anilines is 1. The number of carbonyl (C=O) groups is 1. The molecule has 0 aliphatic rings. The third-order valence-electron chi connectivity index (χ3n) is 4.96. The maximum absolute atomic E-state index is 12.9. The van der Waals surface area contributed by atoms with Crippen molar-refractivity contribution in [2.75, 3.05) is 19.0 Å². The van der Waals surface area contributed by atoms with Crippen molar-refractivity contribution in [1.82, 2.24) is 14.9 Å². The topological polar surface area (TPSA) is 87.3 Å². The zero-order chi connectivity index (χ0) is 21.0. The number of methoxy groups -OCH3 is 1. The molecule has 152 valence electrons. The predicted molar refractivity (Wildman–Crippen MR) is 114 cm³/mol. The van der Waals surface area contributed by atoms with Crippen LogP contribution in [0.15, 0.2) is 47.3 Å². The van der Waals surface area contributed by atoms with Crippen molar-refractivity contribution in [3.63, 3.8) is 0 Å². The summed E-state index contributed by atoms with van der Waals surface area (Å²) < 4.78 is 5.34. The summed E-state index contributed by atoms with van der Waals surface area (Å²) in [6.07, 6.45) is 0. The van der Waals surface area contributed by atoms with Gasteiger partial charge in [0.15, 0.2) is 0 Å². The fourth-order valence-corrected chi connectivity index (χ4v) is 3.25. The molecule has 0 bridgehead atoms. The Morgan fingerprint density at radius 3 is 2.76 bits per heavy atom. The minimum atomic E-state index is -0.429. The van der Waals surface area contributed by atoms with E-state index in [1.54, 1.807) is 13.2 Å². The van der Waals surface area contributed by atoms with Gasteiger partial charge in [0.25, 0.3) is 5.56 Å². The first-order chi connectivity index (χ1) is 13.9. The second-order valence-corrected chi connectivity index (χ2v) is 6.96. The lowest BCUT2D eigenvalue weighted by Crippen LogP contribution is -2.42. The number of aromatic nitrogens is 2. The lowest BCUT2D eigenvalue weighted by Gasteiger charge is -2.26. The molecule has 7 heteroatoms. The smallest absolute Gasteiger partial charge is 0.258 e. The van der Waals surface area contributed by atoms with Crippen LogP contribution in [0.2, 0.25) is 0 Å². The van der Waals surface area contributed by atoms with Gasteiger partial charge in [-0.05, 0) is 50.2 Å². The number of ether oxygens (including phenoxy) is 1. The highest BCUT2D eigenvalue weighted by atomic mass is 16.5. The normalized spacial score (nSPS) is 12.2. The molecule has 1 heterocycles. The molecule has 0 fully saturated rings. The molecule has 2 aromatic carbocycles. The molecular formula is C22H26N4O3. The Hall–Kier alpha value is -3.19. The molecule has 1 unspecified atom stereocenters. The summed E-state index contributed by atoms with van der Waals surface area (Å²) in [5.41, 5.74) is 2.13. The van der Waals surface area contributed by atoms with E-state index in [0.29, 0.717) is 41.3 Å². The number of aryl methyl sites for hydroxylation is 1. The number of aromatic amines is 1. The molecule has 1 aromatic heterocycles. The van der Waals surface area contributed by atoms with Crippen molar-refractivity contribution in [1.29, 1.82) is 0 Å². The number of H-pyrrole nitrogens is 1. The van der Waals surface area contributed by atoms with E-state index in [1.807, 2.05) is 62.1 Å². The highest BCUT2D eigenvalue weighted by molar-refractivity contribution is 5.96. The van der Waals surface area contributed by atoms with Crippen molar-refractivity contribution in [3.8, 4) is 5.75 Å². The Morgan fingerprint density at radius 1 is 1.28 bits per heavy atom. The van der Waals surface area contributed by atoms with Gasteiger partial charge in [-0.2, -0.15) is 0 Å². The number of likely N-dealkylation sites (N-methyl/N-ethyl adjacent to an activating group) is 1. The number of amides is 1. The highest BCUT2D eigenvalue weighted by Gasteiger charge is 2.22. The van der Waals surface area contributed by atoms with Crippen molar-refractivity contribution in [3.05, 3.63) is 64.2 Å². The number of benzene rings is 2. The minimum Gasteiger partial charge on any atom is -0.495 e. The molecule has 1 atom stereocenters. The Bertz CT molecular complexity index is 1080. The number of fused-ring (bicyclic) bond motifs is 1. The van der Waals surface area contributed by atoms with E-state index in [1.165, 1.54) is 0 Å². The first kappa shape index (κ1) is 20.5. The van der Waals surface area contributed by atoms with Gasteiger partial charge in [-0.15, -0.1) is 0 Å². The van der Waals surface area contributed by atoms with Crippen LogP contribution in [0.3, 0.4) is 0 Å². The third kappa shape index (κ3) is 4.63. The van der Waals surface area contributed by atoms with Gasteiger partial charge >= 0.3 is 0 Å². The summed E-state index contributed by atoms with van der Waals surface area (Å²) in [5, 5.41) is 3.50. The van der Waals surface area contributed by atoms with Crippen molar-refractivity contribution in [2.24, 2.45) is 0 Å². The van der Waals surface area contributed by atoms with Crippen LogP contribution < -0.4 is 15.6 Å². The molecule has 3 rings (SSSR count). The molecular weight excluding hydrogens is 368 g/mol. The molecule has 2 N–H and O–H groups in total. The van der Waals surface area contributed by atoms with Crippen LogP contribution in [-0.2, 0) is 11.3 Å². The van der Waals surface area contributed by atoms with E-state index in [9.17, 15) is 9.59 Å². The molecule has 0 radical (unpaired) electrons. The average Bonchev–Trinajstić information content (AvgIpc) is 2.71. The number of carbonyl (C=O) groups excluding carboxylic acids is 1. The van der Waals surface area contributed by atoms with E-state index >= 15 is 0 Å². The van der Waals surface area contributed by atoms with Crippen LogP contribution in [0.5, 0.6) is 5.75 Å². The molecule has 0 aliphatic carbocycles. The monoisotopic (exact) mass is 394 g/mol. The van der Waals surface area contributed by atoms with Crippen molar-refractivity contribution >= 4 is 22.5 Å². The molecule has 0 saturated carbocycles. The van der Waals surface area contributed by atoms with E-state index < -0.39 is 6.04 Å². The quantitative estimate of drug-likeness (QED) is 0.643. The summed E-state index contributed by atoms with van der Waals surface area (Å²) in [4.78, 5) is 34.5. The van der Waals surface area contributed by atoms with Crippen LogP contribution in [-0.4, -0.2) is 40.5 Å². The Morgan fingerprint density at radius 2 is 2.03 bits per heavy atom. The van der Waals surface area contributed by atoms with Crippen LogP contribution >= 0.6 is 0 Å². The standard InChI is InChI=1S/C22H26N4O3/c1-5-26(13-20-23-17-9-7-6-8-16(17)22(28)25-20)15(3)21(27)24-18-12-14(2)10-11-19(18)29-4/h6-12,15H,5,13H2,1-4H3,(H,24,27)(H,23,25,28). The number of para-hydroxylation sites is 1. The van der Waals surface area contributed by atoms with Gasteiger partial charge in [0.05, 0.1) is 36.3 Å². The first-order valence-electron chi connectivity index (χ1n) is 9.60. The maximum atomic E-state index is 12.9. The zero-order valence-corrected chi connectivity index (χ0v) is 17.2. The van der Waals surface area contributed by atoms with E-state index in [4.69, 9.17) is 4.74 Å². The highest BCUT2D eigenvalue weighted by Crippen LogP contribution is 2.25. The maximum Gasteiger partial charge on any atom is 0.258 e. The van der Waals surface area contributed by atoms with Crippen LogP contribution in [0.4, 0.5) is 5.69 Å². The molecule has 0 saturated heterocycles. The molecule has 0 aliphatic heterocycles. The van der Waals surface area contributed by atoms with Gasteiger partial charge in [0, 0.05) is 0 Å². The molecule has 3 aromatic rings. The number of hydrogen-bond donors (Lipinski definition) is 2. The van der Waals surface area contributed by atoms with Gasteiger partial charge in [-0.25, -0.2) is 4.98 Å². The number of hydrogen-bond acceptors (Lipinski definition) is 5. The van der Waals surface area contributed by atoms with Gasteiger partial charge < -0.3 is 15.0 Å². The average molecular weight is 394 g/mol. The summed E-state index contributed by atoms with van der Waals surface area (Å²) in [5.74, 6) is 0.988. The van der Waals surface area contributed by atoms with E-state index in [0.717, 1.165) is 5.56 Å². The van der Waals surface area contributed by atoms with Crippen LogP contribution in [0, 0.1) is 6.92 Å². The Labute approximate surface area is 169 Å². The lowest BCUT2D eigenvalue weighted by molar-refractivity contribution is -0.120. The Balaban J connectivity index is 1.78. The van der Waals surface area contributed by atoms with Gasteiger partial charge in [0.1, 0.15) is 11.6 Å². The van der Waals surface area contributed by atoms with Gasteiger partial charge in [-0.3, -0.25) is 14.5 Å². The number of rotatable bonds is 7. The van der Waals surface area contributed by atoms with E-state index in [-0.39, 0.29) is 11.5 Å². The third-order valence-corrected chi connectivity index (χ3v) is 4.96. The predicted octanol–water partition coefficient (Wildman–Crippen LogP) is 3.09. The molecule has 7 nitrogen and oxygen atoms in total. The second kappa shape index (κ2) is 8.87. The minimum absolute atomic E-state index is 0.154. The summed E-state index contributed by atoms with van der Waals surface area (Å²) in [6.45, 7) is 6.74. The first-order valence-corrected chi connectivity index (χ1v) is 9.60. The van der Waals surface area contributed by atoms with E-state index in [2.05, 4.69) is 15.3 Å². The van der Waals surface area contributed by atoms with Crippen molar-refractivity contribution < 1.29 is 9.53 Å². The van der Waals surface area contributed by atoms with Crippen LogP contribution in [0.1, 0.15) is 25.2 Å². The fourth-order valence-electron chi connectivity index (χ4n) is 3.25. The van der Waals surface area contributed by atoms with Gasteiger partial charge in [0.2, 0.25) is 5.91 Å². The SMILES string of the molecule is CCN(Cc1nc2ccccc2c(=O)[nH]1)C(C)C(=O)Nc1cc(C)ccc1OC. The largest absolute Gasteiger partial charge is 0.495 e. The molecule has 29 heavy (non-hydrogen) atoms. The molecule has 1 amide bonds. The summed E-state index contributed by atoms with van der Waals surface area (Å²) >= 11 is 0. The second-order valence-electron chi connectivity index (χ2n) is 6.96. The van der Waals surface area contributed by atoms with Crippen LogP contribution in [0.25, 0.3) is 10.9 Å². The summed E-state index contributed by atoms with van der Waals surface area (Å²) in [7, 11) is 1.57. The number of nitrogens with zero attached hydrogens (tertiary/aromatic N) is 2. The Kier molecular flexibility index (Phi) is 6.29. The number of nitrogens with one attached hydrogen (secondary N) is 2. The van der Waals surface area contributed by atoms with Crippen molar-refractivity contribution in [2.45, 2.75) is 33.4 Å². The molecule has 0 spiro atoms. The lowest BCUT2D eigenvalue weighted by atomic mass is 10.2. The van der Waals surface area contributed by atoms with Gasteiger partial charge in [-0.1, -0.05) is 25.1 Å².